The molecular formula is C18H24N2O4. The predicted molar refractivity (Wildman–Crippen MR) is 90.6 cm³/mol. The van der Waals surface area contributed by atoms with Gasteiger partial charge in [0.2, 0.25) is 11.8 Å². The molecule has 1 aromatic carbocycles. The quantitative estimate of drug-likeness (QED) is 0.714. The van der Waals surface area contributed by atoms with Gasteiger partial charge in [-0.25, -0.2) is 0 Å². The van der Waals surface area contributed by atoms with Crippen LogP contribution in [0, 0.1) is 5.92 Å². The minimum absolute atomic E-state index is 0.0332. The van der Waals surface area contributed by atoms with Gasteiger partial charge < -0.3 is 15.7 Å². The Morgan fingerprint density at radius 2 is 1.88 bits per heavy atom. The molecule has 6 heteroatoms. The zero-order chi connectivity index (χ0) is 17.4. The zero-order valence-electron chi connectivity index (χ0n) is 13.7. The molecular weight excluding hydrogens is 308 g/mol. The Morgan fingerprint density at radius 3 is 2.58 bits per heavy atom. The van der Waals surface area contributed by atoms with Gasteiger partial charge in [0.25, 0.3) is 0 Å². The van der Waals surface area contributed by atoms with Crippen LogP contribution >= 0.6 is 0 Å². The summed E-state index contributed by atoms with van der Waals surface area (Å²) in [6, 6.07) is 7.09. The predicted octanol–water partition coefficient (Wildman–Crippen LogP) is 2.34. The van der Waals surface area contributed by atoms with Crippen LogP contribution in [0.15, 0.2) is 24.3 Å². The second-order valence-electron chi connectivity index (χ2n) is 6.20. The number of amides is 2. The molecule has 0 unspecified atom stereocenters. The lowest BCUT2D eigenvalue weighted by atomic mass is 9.89. The maximum Gasteiger partial charge on any atom is 0.303 e. The Bertz CT molecular complexity index is 594. The van der Waals surface area contributed by atoms with E-state index >= 15 is 0 Å². The Kier molecular flexibility index (Phi) is 6.78. The lowest BCUT2D eigenvalue weighted by molar-refractivity contribution is -0.137. The number of aryl methyl sites for hydroxylation is 1. The van der Waals surface area contributed by atoms with E-state index in [1.807, 2.05) is 6.07 Å². The van der Waals surface area contributed by atoms with Crippen molar-refractivity contribution in [3.05, 3.63) is 29.8 Å². The van der Waals surface area contributed by atoms with Gasteiger partial charge in [-0.3, -0.25) is 14.4 Å². The zero-order valence-corrected chi connectivity index (χ0v) is 13.7. The van der Waals surface area contributed by atoms with Crippen LogP contribution in [0.1, 0.15) is 44.1 Å². The minimum atomic E-state index is -0.852. The molecule has 0 heterocycles. The van der Waals surface area contributed by atoms with Crippen molar-refractivity contribution in [3.63, 3.8) is 0 Å². The fourth-order valence-electron chi connectivity index (χ4n) is 2.94. The van der Waals surface area contributed by atoms with Gasteiger partial charge in [-0.15, -0.1) is 0 Å². The van der Waals surface area contributed by atoms with Gasteiger partial charge in [0.15, 0.2) is 0 Å². The lowest BCUT2D eigenvalue weighted by Gasteiger charge is -2.20. The molecule has 0 aromatic heterocycles. The second-order valence-corrected chi connectivity index (χ2v) is 6.20. The monoisotopic (exact) mass is 332 g/mol. The summed E-state index contributed by atoms with van der Waals surface area (Å²) in [5, 5.41) is 14.1. The van der Waals surface area contributed by atoms with Gasteiger partial charge in [-0.1, -0.05) is 31.4 Å². The smallest absolute Gasteiger partial charge is 0.303 e. The number of hydrogen-bond acceptors (Lipinski definition) is 3. The average Bonchev–Trinajstić information content (AvgIpc) is 2.59. The van der Waals surface area contributed by atoms with Crippen LogP contribution in [0.25, 0.3) is 0 Å². The molecule has 0 saturated heterocycles. The van der Waals surface area contributed by atoms with Crippen LogP contribution in [0.3, 0.4) is 0 Å². The number of carboxylic acids is 1. The Morgan fingerprint density at radius 1 is 1.12 bits per heavy atom. The van der Waals surface area contributed by atoms with Crippen molar-refractivity contribution >= 4 is 23.5 Å². The number of hydrogen-bond donors (Lipinski definition) is 3. The number of rotatable bonds is 7. The van der Waals surface area contributed by atoms with E-state index in [2.05, 4.69) is 10.6 Å². The van der Waals surface area contributed by atoms with Gasteiger partial charge >= 0.3 is 5.97 Å². The first-order valence-electron chi connectivity index (χ1n) is 8.43. The lowest BCUT2D eigenvalue weighted by Crippen LogP contribution is -2.37. The molecule has 0 aliphatic heterocycles. The first kappa shape index (κ1) is 18.0. The summed E-state index contributed by atoms with van der Waals surface area (Å²) < 4.78 is 0. The molecule has 2 amide bonds. The molecule has 3 N–H and O–H groups in total. The maximum atomic E-state index is 12.0. The highest BCUT2D eigenvalue weighted by Crippen LogP contribution is 2.23. The van der Waals surface area contributed by atoms with Crippen molar-refractivity contribution in [2.45, 2.75) is 44.9 Å². The molecule has 1 saturated carbocycles. The normalized spacial score (nSPS) is 14.8. The molecule has 0 spiro atoms. The standard InChI is InChI=1S/C18H24N2O4/c21-16(12-19-18(24)14-6-2-1-3-7-14)20-15-8-4-5-13(11-15)9-10-17(22)23/h4-5,8,11,14H,1-3,6-7,9-10,12H2,(H,19,24)(H,20,21)(H,22,23). The second kappa shape index (κ2) is 9.05. The van der Waals surface area contributed by atoms with Crippen molar-refractivity contribution in [2.24, 2.45) is 5.92 Å². The number of nitrogens with one attached hydrogen (secondary N) is 2. The van der Waals surface area contributed by atoms with Crippen molar-refractivity contribution in [1.29, 1.82) is 0 Å². The Labute approximate surface area is 141 Å². The van der Waals surface area contributed by atoms with E-state index in [0.717, 1.165) is 31.2 Å². The number of benzene rings is 1. The number of anilines is 1. The summed E-state index contributed by atoms with van der Waals surface area (Å²) in [5.74, 6) is -1.14. The molecule has 24 heavy (non-hydrogen) atoms. The Hall–Kier alpha value is -2.37. The summed E-state index contributed by atoms with van der Waals surface area (Å²) in [6.07, 6.45) is 5.60. The third kappa shape index (κ3) is 6.02. The SMILES string of the molecule is O=C(O)CCc1cccc(NC(=O)CNC(=O)C2CCCCC2)c1. The maximum absolute atomic E-state index is 12.0. The van der Waals surface area contributed by atoms with Crippen molar-refractivity contribution in [1.82, 2.24) is 5.32 Å². The van der Waals surface area contributed by atoms with Crippen molar-refractivity contribution in [3.8, 4) is 0 Å². The summed E-state index contributed by atoms with van der Waals surface area (Å²) in [5.41, 5.74) is 1.45. The molecule has 0 bridgehead atoms. The summed E-state index contributed by atoms with van der Waals surface area (Å²) >= 11 is 0. The van der Waals surface area contributed by atoms with E-state index in [1.165, 1.54) is 6.42 Å². The van der Waals surface area contributed by atoms with Crippen LogP contribution in [-0.2, 0) is 20.8 Å². The summed E-state index contributed by atoms with van der Waals surface area (Å²) in [7, 11) is 0. The van der Waals surface area contributed by atoms with Gasteiger partial charge in [0.05, 0.1) is 6.54 Å². The Balaban J connectivity index is 1.78. The fourth-order valence-corrected chi connectivity index (χ4v) is 2.94. The van der Waals surface area contributed by atoms with Crippen LogP contribution in [0.5, 0.6) is 0 Å². The molecule has 6 nitrogen and oxygen atoms in total. The molecule has 0 atom stereocenters. The van der Waals surface area contributed by atoms with Gasteiger partial charge in [0, 0.05) is 18.0 Å². The molecule has 1 aliphatic carbocycles. The van der Waals surface area contributed by atoms with E-state index in [9.17, 15) is 14.4 Å². The first-order valence-corrected chi connectivity index (χ1v) is 8.43. The van der Waals surface area contributed by atoms with E-state index < -0.39 is 5.97 Å². The molecule has 130 valence electrons. The highest BCUT2D eigenvalue weighted by Gasteiger charge is 2.21. The van der Waals surface area contributed by atoms with Crippen LogP contribution in [-0.4, -0.2) is 29.4 Å². The van der Waals surface area contributed by atoms with E-state index in [4.69, 9.17) is 5.11 Å². The topological polar surface area (TPSA) is 95.5 Å². The van der Waals surface area contributed by atoms with Crippen LogP contribution < -0.4 is 10.6 Å². The first-order chi connectivity index (χ1) is 11.5. The fraction of sp³-hybridized carbons (Fsp3) is 0.500. The van der Waals surface area contributed by atoms with Gasteiger partial charge in [-0.2, -0.15) is 0 Å². The molecule has 1 fully saturated rings. The third-order valence-electron chi connectivity index (χ3n) is 4.24. The van der Waals surface area contributed by atoms with Crippen molar-refractivity contribution in [2.75, 3.05) is 11.9 Å². The van der Waals surface area contributed by atoms with E-state index in [-0.39, 0.29) is 30.7 Å². The van der Waals surface area contributed by atoms with E-state index in [1.54, 1.807) is 18.2 Å². The summed E-state index contributed by atoms with van der Waals surface area (Å²) in [4.78, 5) is 34.6. The van der Waals surface area contributed by atoms with Crippen molar-refractivity contribution < 1.29 is 19.5 Å². The molecule has 1 aliphatic rings. The minimum Gasteiger partial charge on any atom is -0.481 e. The van der Waals surface area contributed by atoms with Gasteiger partial charge in [0.1, 0.15) is 0 Å². The van der Waals surface area contributed by atoms with Crippen LogP contribution in [0.2, 0.25) is 0 Å². The largest absolute Gasteiger partial charge is 0.481 e. The number of carbonyl (C=O) groups is 3. The number of carboxylic acid groups (broad SMARTS) is 1. The van der Waals surface area contributed by atoms with E-state index in [0.29, 0.717) is 12.1 Å². The van der Waals surface area contributed by atoms with Gasteiger partial charge in [-0.05, 0) is 37.0 Å². The average molecular weight is 332 g/mol. The molecule has 0 radical (unpaired) electrons. The molecule has 1 aromatic rings. The molecule has 2 rings (SSSR count). The summed E-state index contributed by atoms with van der Waals surface area (Å²) in [6.45, 7) is -0.0469. The number of aliphatic carboxylic acids is 1. The highest BCUT2D eigenvalue weighted by atomic mass is 16.4. The number of carbonyl (C=O) groups excluding carboxylic acids is 2. The highest BCUT2D eigenvalue weighted by molar-refractivity contribution is 5.94. The third-order valence-corrected chi connectivity index (χ3v) is 4.24. The van der Waals surface area contributed by atoms with Crippen LogP contribution in [0.4, 0.5) is 5.69 Å².